The summed E-state index contributed by atoms with van der Waals surface area (Å²) in [7, 11) is 0. The SMILES string of the molecule is CCCCC(CC)COCC1COC(C)(C)O1. The van der Waals surface area contributed by atoms with E-state index in [1.54, 1.807) is 0 Å². The van der Waals surface area contributed by atoms with Gasteiger partial charge in [-0.25, -0.2) is 0 Å². The lowest BCUT2D eigenvalue weighted by Gasteiger charge is -2.18. The summed E-state index contributed by atoms with van der Waals surface area (Å²) < 4.78 is 17.0. The zero-order chi connectivity index (χ0) is 12.7. The molecule has 1 heterocycles. The summed E-state index contributed by atoms with van der Waals surface area (Å²) >= 11 is 0. The smallest absolute Gasteiger partial charge is 0.163 e. The number of rotatable bonds is 8. The molecule has 3 heteroatoms. The van der Waals surface area contributed by atoms with E-state index < -0.39 is 5.79 Å². The molecular weight excluding hydrogens is 216 g/mol. The highest BCUT2D eigenvalue weighted by molar-refractivity contribution is 4.70. The first-order valence-corrected chi connectivity index (χ1v) is 6.97. The first kappa shape index (κ1) is 14.9. The van der Waals surface area contributed by atoms with Gasteiger partial charge in [-0.1, -0.05) is 33.1 Å². The second-order valence-electron chi connectivity index (χ2n) is 5.40. The largest absolute Gasteiger partial charge is 0.378 e. The number of hydrogen-bond donors (Lipinski definition) is 0. The van der Waals surface area contributed by atoms with Gasteiger partial charge < -0.3 is 14.2 Å². The predicted octanol–water partition coefficient (Wildman–Crippen LogP) is 3.37. The third-order valence-electron chi connectivity index (χ3n) is 3.27. The van der Waals surface area contributed by atoms with Crippen LogP contribution >= 0.6 is 0 Å². The monoisotopic (exact) mass is 244 g/mol. The van der Waals surface area contributed by atoms with Crippen LogP contribution < -0.4 is 0 Å². The Kier molecular flexibility index (Phi) is 6.45. The van der Waals surface area contributed by atoms with Crippen LogP contribution in [-0.4, -0.2) is 31.7 Å². The normalized spacial score (nSPS) is 25.1. The molecule has 2 atom stereocenters. The van der Waals surface area contributed by atoms with Gasteiger partial charge in [-0.3, -0.25) is 0 Å². The van der Waals surface area contributed by atoms with E-state index in [0.29, 0.717) is 19.1 Å². The Bertz CT molecular complexity index is 204. The van der Waals surface area contributed by atoms with E-state index in [1.165, 1.54) is 25.7 Å². The fourth-order valence-corrected chi connectivity index (χ4v) is 2.11. The van der Waals surface area contributed by atoms with E-state index in [1.807, 2.05) is 13.8 Å². The Balaban J connectivity index is 2.10. The zero-order valence-electron chi connectivity index (χ0n) is 11.8. The van der Waals surface area contributed by atoms with Gasteiger partial charge in [0.1, 0.15) is 6.10 Å². The van der Waals surface area contributed by atoms with E-state index in [9.17, 15) is 0 Å². The summed E-state index contributed by atoms with van der Waals surface area (Å²) in [5.41, 5.74) is 0. The van der Waals surface area contributed by atoms with E-state index in [2.05, 4.69) is 13.8 Å². The maximum atomic E-state index is 5.76. The molecule has 0 aliphatic carbocycles. The fraction of sp³-hybridized carbons (Fsp3) is 1.00. The second kappa shape index (κ2) is 7.34. The summed E-state index contributed by atoms with van der Waals surface area (Å²) in [6.07, 6.45) is 5.16. The first-order valence-electron chi connectivity index (χ1n) is 6.97. The van der Waals surface area contributed by atoms with Gasteiger partial charge in [-0.2, -0.15) is 0 Å². The topological polar surface area (TPSA) is 27.7 Å². The van der Waals surface area contributed by atoms with Crippen molar-refractivity contribution in [3.63, 3.8) is 0 Å². The van der Waals surface area contributed by atoms with Crippen LogP contribution in [-0.2, 0) is 14.2 Å². The minimum atomic E-state index is -0.430. The molecule has 0 saturated carbocycles. The predicted molar refractivity (Wildman–Crippen MR) is 69.0 cm³/mol. The Labute approximate surface area is 106 Å². The number of hydrogen-bond acceptors (Lipinski definition) is 3. The van der Waals surface area contributed by atoms with E-state index in [0.717, 1.165) is 6.61 Å². The van der Waals surface area contributed by atoms with Gasteiger partial charge in [0.05, 0.1) is 13.2 Å². The van der Waals surface area contributed by atoms with E-state index in [-0.39, 0.29) is 6.10 Å². The highest BCUT2D eigenvalue weighted by Crippen LogP contribution is 2.22. The van der Waals surface area contributed by atoms with Crippen LogP contribution in [0.4, 0.5) is 0 Å². The minimum absolute atomic E-state index is 0.105. The van der Waals surface area contributed by atoms with Crippen LogP contribution in [0.5, 0.6) is 0 Å². The molecule has 0 aromatic heterocycles. The molecule has 102 valence electrons. The summed E-state index contributed by atoms with van der Waals surface area (Å²) in [6, 6.07) is 0. The Morgan fingerprint density at radius 1 is 1.35 bits per heavy atom. The van der Waals surface area contributed by atoms with Crippen LogP contribution in [0, 0.1) is 5.92 Å². The van der Waals surface area contributed by atoms with Crippen molar-refractivity contribution in [3.8, 4) is 0 Å². The van der Waals surface area contributed by atoms with Crippen molar-refractivity contribution in [1.29, 1.82) is 0 Å². The average molecular weight is 244 g/mol. The van der Waals surface area contributed by atoms with Gasteiger partial charge in [-0.15, -0.1) is 0 Å². The Morgan fingerprint density at radius 3 is 2.65 bits per heavy atom. The van der Waals surface area contributed by atoms with Crippen LogP contribution in [0.15, 0.2) is 0 Å². The third-order valence-corrected chi connectivity index (χ3v) is 3.27. The van der Waals surface area contributed by atoms with Crippen molar-refractivity contribution in [2.75, 3.05) is 19.8 Å². The van der Waals surface area contributed by atoms with Crippen molar-refractivity contribution in [1.82, 2.24) is 0 Å². The van der Waals surface area contributed by atoms with Gasteiger partial charge in [-0.05, 0) is 26.2 Å². The number of unbranched alkanes of at least 4 members (excludes halogenated alkanes) is 1. The lowest BCUT2D eigenvalue weighted by atomic mass is 10.0. The van der Waals surface area contributed by atoms with Crippen molar-refractivity contribution in [2.45, 2.75) is 65.3 Å². The van der Waals surface area contributed by atoms with Crippen LogP contribution in [0.25, 0.3) is 0 Å². The standard InChI is InChI=1S/C14H28O3/c1-5-7-8-12(6-2)9-15-10-13-11-16-14(3,4)17-13/h12-13H,5-11H2,1-4H3. The summed E-state index contributed by atoms with van der Waals surface area (Å²) in [5.74, 6) is 0.269. The molecule has 1 saturated heterocycles. The highest BCUT2D eigenvalue weighted by Gasteiger charge is 2.32. The van der Waals surface area contributed by atoms with Gasteiger partial charge in [0.25, 0.3) is 0 Å². The summed E-state index contributed by atoms with van der Waals surface area (Å²) in [6.45, 7) is 10.5. The molecule has 0 spiro atoms. The molecule has 3 nitrogen and oxygen atoms in total. The van der Waals surface area contributed by atoms with Crippen molar-refractivity contribution >= 4 is 0 Å². The van der Waals surface area contributed by atoms with Crippen LogP contribution in [0.1, 0.15) is 53.4 Å². The average Bonchev–Trinajstić information content (AvgIpc) is 2.63. The summed E-state index contributed by atoms with van der Waals surface area (Å²) in [4.78, 5) is 0. The lowest BCUT2D eigenvalue weighted by molar-refractivity contribution is -0.145. The molecule has 0 aromatic carbocycles. The molecule has 0 aromatic rings. The molecule has 0 bridgehead atoms. The molecule has 17 heavy (non-hydrogen) atoms. The number of ether oxygens (including phenoxy) is 3. The zero-order valence-corrected chi connectivity index (χ0v) is 11.8. The highest BCUT2D eigenvalue weighted by atomic mass is 16.7. The van der Waals surface area contributed by atoms with Gasteiger partial charge in [0.2, 0.25) is 0 Å². The molecule has 1 rings (SSSR count). The van der Waals surface area contributed by atoms with Gasteiger partial charge in [0, 0.05) is 6.61 Å². The molecular formula is C14H28O3. The Hall–Kier alpha value is -0.120. The summed E-state index contributed by atoms with van der Waals surface area (Å²) in [5, 5.41) is 0. The van der Waals surface area contributed by atoms with E-state index >= 15 is 0 Å². The van der Waals surface area contributed by atoms with E-state index in [4.69, 9.17) is 14.2 Å². The molecule has 2 unspecified atom stereocenters. The maximum absolute atomic E-state index is 5.76. The fourth-order valence-electron chi connectivity index (χ4n) is 2.11. The van der Waals surface area contributed by atoms with Crippen LogP contribution in [0.2, 0.25) is 0 Å². The third kappa shape index (κ3) is 5.84. The molecule has 0 amide bonds. The Morgan fingerprint density at radius 2 is 2.12 bits per heavy atom. The quantitative estimate of drug-likeness (QED) is 0.655. The van der Waals surface area contributed by atoms with Gasteiger partial charge in [0.15, 0.2) is 5.79 Å². The van der Waals surface area contributed by atoms with Crippen molar-refractivity contribution in [3.05, 3.63) is 0 Å². The molecule has 1 aliphatic rings. The van der Waals surface area contributed by atoms with Crippen molar-refractivity contribution in [2.24, 2.45) is 5.92 Å². The van der Waals surface area contributed by atoms with Gasteiger partial charge >= 0.3 is 0 Å². The van der Waals surface area contributed by atoms with Crippen LogP contribution in [0.3, 0.4) is 0 Å². The molecule has 0 radical (unpaired) electrons. The molecule has 1 fully saturated rings. The molecule has 0 N–H and O–H groups in total. The maximum Gasteiger partial charge on any atom is 0.163 e. The second-order valence-corrected chi connectivity index (χ2v) is 5.40. The first-order chi connectivity index (χ1) is 8.07. The lowest BCUT2D eigenvalue weighted by Crippen LogP contribution is -2.25. The molecule has 1 aliphatic heterocycles. The minimum Gasteiger partial charge on any atom is -0.378 e. The van der Waals surface area contributed by atoms with Crippen molar-refractivity contribution < 1.29 is 14.2 Å².